The van der Waals surface area contributed by atoms with Crippen molar-refractivity contribution in [3.05, 3.63) is 42.7 Å². The summed E-state index contributed by atoms with van der Waals surface area (Å²) in [7, 11) is 0. The maximum absolute atomic E-state index is 3.55. The molecule has 0 amide bonds. The number of nitrogens with one attached hydrogen (secondary N) is 1. The van der Waals surface area contributed by atoms with E-state index >= 15 is 0 Å². The summed E-state index contributed by atoms with van der Waals surface area (Å²) in [5.74, 6) is 0. The Hall–Kier alpha value is -0.160. The van der Waals surface area contributed by atoms with E-state index < -0.39 is 0 Å². The van der Waals surface area contributed by atoms with Crippen LogP contribution in [0.1, 0.15) is 22.2 Å². The van der Waals surface area contributed by atoms with Gasteiger partial charge in [-0.1, -0.05) is 6.92 Å². The Morgan fingerprint density at radius 2 is 1.81 bits per heavy atom. The Kier molecular flexibility index (Phi) is 4.58. The third-order valence-corrected chi connectivity index (χ3v) is 5.37. The van der Waals surface area contributed by atoms with Crippen molar-refractivity contribution in [2.45, 2.75) is 26.4 Å². The van der Waals surface area contributed by atoms with Crippen LogP contribution in [-0.2, 0) is 19.5 Å². The largest absolute Gasteiger partial charge is 0.307 e. The van der Waals surface area contributed by atoms with Gasteiger partial charge in [0, 0.05) is 27.3 Å². The summed E-state index contributed by atoms with van der Waals surface area (Å²) in [6, 6.07) is 4.33. The van der Waals surface area contributed by atoms with Crippen LogP contribution < -0.4 is 5.32 Å². The second-order valence-corrected chi connectivity index (χ2v) is 6.37. The molecular formula is C12H14BrNS2. The van der Waals surface area contributed by atoms with Crippen molar-refractivity contribution in [1.82, 2.24) is 5.32 Å². The van der Waals surface area contributed by atoms with Crippen LogP contribution in [0.3, 0.4) is 0 Å². The van der Waals surface area contributed by atoms with Gasteiger partial charge in [0.15, 0.2) is 0 Å². The molecule has 2 heterocycles. The quantitative estimate of drug-likeness (QED) is 0.861. The first-order valence-electron chi connectivity index (χ1n) is 5.29. The molecule has 0 saturated carbocycles. The topological polar surface area (TPSA) is 12.0 Å². The highest BCUT2D eigenvalue weighted by Gasteiger charge is 2.03. The van der Waals surface area contributed by atoms with Gasteiger partial charge < -0.3 is 5.32 Å². The fourth-order valence-electron chi connectivity index (χ4n) is 1.58. The SMILES string of the molecule is CCc1ccsc1CNCc1sccc1Br. The average molecular weight is 316 g/mol. The fourth-order valence-corrected chi connectivity index (χ4v) is 3.99. The first-order chi connectivity index (χ1) is 7.81. The normalized spacial score (nSPS) is 10.9. The summed E-state index contributed by atoms with van der Waals surface area (Å²) < 4.78 is 1.21. The molecule has 0 radical (unpaired) electrons. The Balaban J connectivity index is 1.87. The van der Waals surface area contributed by atoms with Crippen molar-refractivity contribution in [1.29, 1.82) is 0 Å². The molecule has 0 unspecified atom stereocenters. The van der Waals surface area contributed by atoms with Gasteiger partial charge in [0.05, 0.1) is 0 Å². The highest BCUT2D eigenvalue weighted by molar-refractivity contribution is 9.10. The van der Waals surface area contributed by atoms with Gasteiger partial charge in [-0.15, -0.1) is 22.7 Å². The Bertz CT molecular complexity index is 447. The van der Waals surface area contributed by atoms with Gasteiger partial charge in [-0.05, 0) is 50.8 Å². The Labute approximate surface area is 113 Å². The molecular weight excluding hydrogens is 302 g/mol. The predicted octanol–water partition coefficient (Wildman–Crippen LogP) is 4.42. The van der Waals surface area contributed by atoms with E-state index in [0.717, 1.165) is 19.5 Å². The first-order valence-corrected chi connectivity index (χ1v) is 7.84. The molecule has 1 nitrogen and oxygen atoms in total. The molecule has 0 spiro atoms. The molecule has 0 atom stereocenters. The fraction of sp³-hybridized carbons (Fsp3) is 0.333. The van der Waals surface area contributed by atoms with E-state index in [1.54, 1.807) is 11.3 Å². The molecule has 0 bridgehead atoms. The van der Waals surface area contributed by atoms with Gasteiger partial charge in [0.25, 0.3) is 0 Å². The number of halogens is 1. The highest BCUT2D eigenvalue weighted by Crippen LogP contribution is 2.23. The van der Waals surface area contributed by atoms with Crippen molar-refractivity contribution in [2.24, 2.45) is 0 Å². The lowest BCUT2D eigenvalue weighted by Crippen LogP contribution is -2.12. The summed E-state index contributed by atoms with van der Waals surface area (Å²) in [5.41, 5.74) is 1.47. The van der Waals surface area contributed by atoms with Crippen LogP contribution in [0.4, 0.5) is 0 Å². The maximum Gasteiger partial charge on any atom is 0.0327 e. The summed E-state index contributed by atoms with van der Waals surface area (Å²) in [4.78, 5) is 2.84. The van der Waals surface area contributed by atoms with Crippen molar-refractivity contribution in [3.63, 3.8) is 0 Å². The third-order valence-electron chi connectivity index (χ3n) is 2.48. The van der Waals surface area contributed by atoms with Crippen LogP contribution in [-0.4, -0.2) is 0 Å². The van der Waals surface area contributed by atoms with Crippen LogP contribution in [0.15, 0.2) is 27.4 Å². The standard InChI is InChI=1S/C12H14BrNS2/c1-2-9-3-5-15-11(9)7-14-8-12-10(13)4-6-16-12/h3-6,14H,2,7-8H2,1H3. The lowest BCUT2D eigenvalue weighted by Gasteiger charge is -2.04. The minimum atomic E-state index is 0.944. The Morgan fingerprint density at radius 1 is 1.12 bits per heavy atom. The van der Waals surface area contributed by atoms with Crippen molar-refractivity contribution >= 4 is 38.6 Å². The second kappa shape index (κ2) is 5.96. The average Bonchev–Trinajstić information content (AvgIpc) is 2.88. The van der Waals surface area contributed by atoms with E-state index in [1.807, 2.05) is 11.3 Å². The van der Waals surface area contributed by atoms with Crippen LogP contribution in [0.2, 0.25) is 0 Å². The van der Waals surface area contributed by atoms with Crippen LogP contribution in [0.5, 0.6) is 0 Å². The minimum Gasteiger partial charge on any atom is -0.307 e. The second-order valence-electron chi connectivity index (χ2n) is 3.52. The van der Waals surface area contributed by atoms with Gasteiger partial charge in [-0.2, -0.15) is 0 Å². The van der Waals surface area contributed by atoms with E-state index in [4.69, 9.17) is 0 Å². The predicted molar refractivity (Wildman–Crippen MR) is 76.3 cm³/mol. The zero-order valence-electron chi connectivity index (χ0n) is 9.13. The number of hydrogen-bond donors (Lipinski definition) is 1. The van der Waals surface area contributed by atoms with Gasteiger partial charge >= 0.3 is 0 Å². The summed E-state index contributed by atoms with van der Waals surface area (Å²) in [6.07, 6.45) is 1.13. The van der Waals surface area contributed by atoms with Crippen molar-refractivity contribution in [3.8, 4) is 0 Å². The van der Waals surface area contributed by atoms with Crippen molar-refractivity contribution < 1.29 is 0 Å². The smallest absolute Gasteiger partial charge is 0.0327 e. The first kappa shape index (κ1) is 12.3. The molecule has 0 aliphatic heterocycles. The van der Waals surface area contributed by atoms with Gasteiger partial charge in [-0.25, -0.2) is 0 Å². The van der Waals surface area contributed by atoms with E-state index in [0.29, 0.717) is 0 Å². The Morgan fingerprint density at radius 3 is 2.50 bits per heavy atom. The highest BCUT2D eigenvalue weighted by atomic mass is 79.9. The van der Waals surface area contributed by atoms with Crippen molar-refractivity contribution in [2.75, 3.05) is 0 Å². The lowest BCUT2D eigenvalue weighted by atomic mass is 10.2. The molecule has 0 aliphatic rings. The lowest BCUT2D eigenvalue weighted by molar-refractivity contribution is 0.703. The molecule has 0 saturated heterocycles. The molecule has 86 valence electrons. The maximum atomic E-state index is 3.55. The molecule has 0 fully saturated rings. The van der Waals surface area contributed by atoms with Gasteiger partial charge in [0.1, 0.15) is 0 Å². The number of thiophene rings is 2. The molecule has 2 aromatic heterocycles. The number of rotatable bonds is 5. The van der Waals surface area contributed by atoms with Crippen LogP contribution >= 0.6 is 38.6 Å². The van der Waals surface area contributed by atoms with E-state index in [9.17, 15) is 0 Å². The van der Waals surface area contributed by atoms with E-state index in [1.165, 1.54) is 19.8 Å². The monoisotopic (exact) mass is 315 g/mol. The molecule has 1 N–H and O–H groups in total. The summed E-state index contributed by atoms with van der Waals surface area (Å²) in [6.45, 7) is 4.13. The molecule has 0 aliphatic carbocycles. The summed E-state index contributed by atoms with van der Waals surface area (Å²) in [5, 5.41) is 7.79. The van der Waals surface area contributed by atoms with E-state index in [2.05, 4.69) is 51.1 Å². The minimum absolute atomic E-state index is 0.944. The number of hydrogen-bond acceptors (Lipinski definition) is 3. The zero-order valence-corrected chi connectivity index (χ0v) is 12.3. The van der Waals surface area contributed by atoms with Crippen LogP contribution in [0.25, 0.3) is 0 Å². The third kappa shape index (κ3) is 2.94. The molecule has 2 aromatic rings. The van der Waals surface area contributed by atoms with E-state index in [-0.39, 0.29) is 0 Å². The number of aryl methyl sites for hydroxylation is 1. The molecule has 4 heteroatoms. The molecule has 2 rings (SSSR count). The zero-order chi connectivity index (χ0) is 11.4. The molecule has 0 aromatic carbocycles. The van der Waals surface area contributed by atoms with Gasteiger partial charge in [-0.3, -0.25) is 0 Å². The van der Waals surface area contributed by atoms with Crippen LogP contribution in [0, 0.1) is 0 Å². The summed E-state index contributed by atoms with van der Waals surface area (Å²) >= 11 is 7.18. The molecule has 16 heavy (non-hydrogen) atoms. The van der Waals surface area contributed by atoms with Gasteiger partial charge in [0.2, 0.25) is 0 Å².